The van der Waals surface area contributed by atoms with Crippen LogP contribution < -0.4 is 4.90 Å². The van der Waals surface area contributed by atoms with Crippen molar-refractivity contribution >= 4 is 5.69 Å². The van der Waals surface area contributed by atoms with Crippen LogP contribution >= 0.6 is 0 Å². The van der Waals surface area contributed by atoms with Crippen LogP contribution in [-0.2, 0) is 4.74 Å². The van der Waals surface area contributed by atoms with Crippen molar-refractivity contribution in [1.82, 2.24) is 4.90 Å². The van der Waals surface area contributed by atoms with Gasteiger partial charge >= 0.3 is 0 Å². The van der Waals surface area contributed by atoms with E-state index in [1.165, 1.54) is 5.69 Å². The van der Waals surface area contributed by atoms with Crippen molar-refractivity contribution in [1.29, 1.82) is 0 Å². The number of anilines is 1. The highest BCUT2D eigenvalue weighted by Crippen LogP contribution is 2.29. The summed E-state index contributed by atoms with van der Waals surface area (Å²) in [4.78, 5) is 4.93. The third-order valence-corrected chi connectivity index (χ3v) is 4.79. The van der Waals surface area contributed by atoms with Crippen LogP contribution in [0.4, 0.5) is 5.69 Å². The minimum absolute atomic E-state index is 0.0346. The number of ether oxygens (including phenoxy) is 1. The Balaban J connectivity index is 1.53. The number of hydrogen-bond donors (Lipinski definition) is 1. The molecule has 2 aliphatic heterocycles. The Morgan fingerprint density at radius 3 is 2.48 bits per heavy atom. The maximum absolute atomic E-state index is 9.79. The minimum atomic E-state index is -0.0346. The highest BCUT2D eigenvalue weighted by molar-refractivity contribution is 5.46. The summed E-state index contributed by atoms with van der Waals surface area (Å²) in [5.41, 5.74) is 1.28. The van der Waals surface area contributed by atoms with Crippen LogP contribution in [0.2, 0.25) is 0 Å². The zero-order valence-electron chi connectivity index (χ0n) is 12.7. The number of rotatable bonds is 4. The lowest BCUT2D eigenvalue weighted by Crippen LogP contribution is -2.52. The molecule has 2 fully saturated rings. The van der Waals surface area contributed by atoms with E-state index >= 15 is 0 Å². The first kappa shape index (κ1) is 14.8. The lowest BCUT2D eigenvalue weighted by Gasteiger charge is -2.43. The van der Waals surface area contributed by atoms with Gasteiger partial charge in [0.05, 0.1) is 13.2 Å². The summed E-state index contributed by atoms with van der Waals surface area (Å²) in [5.74, 6) is 0. The van der Waals surface area contributed by atoms with Crippen LogP contribution in [0.25, 0.3) is 0 Å². The zero-order valence-corrected chi connectivity index (χ0v) is 12.7. The Kier molecular flexibility index (Phi) is 4.78. The quantitative estimate of drug-likeness (QED) is 0.914. The molecule has 0 spiro atoms. The Morgan fingerprint density at radius 1 is 1.10 bits per heavy atom. The molecule has 0 saturated carbocycles. The molecule has 1 N–H and O–H groups in total. The first-order chi connectivity index (χ1) is 10.3. The van der Waals surface area contributed by atoms with Crippen LogP contribution in [0, 0.1) is 5.41 Å². The molecule has 0 radical (unpaired) electrons. The molecule has 1 unspecified atom stereocenters. The number of aliphatic hydroxyl groups excluding tert-OH is 1. The Hall–Kier alpha value is -1.10. The summed E-state index contributed by atoms with van der Waals surface area (Å²) in [6.45, 7) is 7.02. The predicted octanol–water partition coefficient (Wildman–Crippen LogP) is 1.60. The van der Waals surface area contributed by atoms with Gasteiger partial charge in [-0.05, 0) is 25.0 Å². The lowest BCUT2D eigenvalue weighted by molar-refractivity contribution is -0.0558. The first-order valence-electron chi connectivity index (χ1n) is 8.02. The summed E-state index contributed by atoms with van der Waals surface area (Å²) < 4.78 is 5.61. The second-order valence-corrected chi connectivity index (χ2v) is 6.41. The average molecular weight is 290 g/mol. The molecular formula is C17H26N2O2. The van der Waals surface area contributed by atoms with Gasteiger partial charge in [-0.1, -0.05) is 18.2 Å². The van der Waals surface area contributed by atoms with Crippen LogP contribution in [-0.4, -0.2) is 62.6 Å². The van der Waals surface area contributed by atoms with Gasteiger partial charge in [0.2, 0.25) is 0 Å². The molecule has 0 aliphatic carbocycles. The lowest BCUT2D eigenvalue weighted by atomic mass is 9.82. The third-order valence-electron chi connectivity index (χ3n) is 4.79. The van der Waals surface area contributed by atoms with Gasteiger partial charge in [0.25, 0.3) is 0 Å². The van der Waals surface area contributed by atoms with Gasteiger partial charge in [-0.25, -0.2) is 0 Å². The van der Waals surface area contributed by atoms with Crippen molar-refractivity contribution in [3.63, 3.8) is 0 Å². The van der Waals surface area contributed by atoms with E-state index in [4.69, 9.17) is 4.74 Å². The molecule has 1 aromatic rings. The molecule has 1 aromatic carbocycles. The number of aliphatic hydroxyl groups is 1. The van der Waals surface area contributed by atoms with Gasteiger partial charge in [0, 0.05) is 50.4 Å². The highest BCUT2D eigenvalue weighted by atomic mass is 16.5. The van der Waals surface area contributed by atoms with Crippen molar-refractivity contribution in [3.05, 3.63) is 30.3 Å². The first-order valence-corrected chi connectivity index (χ1v) is 8.02. The standard InChI is InChI=1S/C17H26N2O2/c20-14-17(7-4-12-21-15-17)13-18-8-10-19(11-9-18)16-5-2-1-3-6-16/h1-3,5-6,20H,4,7-15H2. The van der Waals surface area contributed by atoms with E-state index in [0.717, 1.165) is 52.2 Å². The number of piperazine rings is 1. The number of nitrogens with zero attached hydrogens (tertiary/aromatic N) is 2. The second kappa shape index (κ2) is 6.77. The molecule has 21 heavy (non-hydrogen) atoms. The predicted molar refractivity (Wildman–Crippen MR) is 84.7 cm³/mol. The molecular weight excluding hydrogens is 264 g/mol. The van der Waals surface area contributed by atoms with Crippen LogP contribution in [0.15, 0.2) is 30.3 Å². The zero-order chi connectivity index (χ0) is 14.5. The number of para-hydroxylation sites is 1. The molecule has 0 amide bonds. The summed E-state index contributed by atoms with van der Waals surface area (Å²) in [6.07, 6.45) is 2.16. The van der Waals surface area contributed by atoms with Crippen molar-refractivity contribution in [2.45, 2.75) is 12.8 Å². The van der Waals surface area contributed by atoms with E-state index in [2.05, 4.69) is 40.1 Å². The molecule has 3 rings (SSSR count). The number of benzene rings is 1. The van der Waals surface area contributed by atoms with Gasteiger partial charge in [-0.15, -0.1) is 0 Å². The van der Waals surface area contributed by atoms with Crippen LogP contribution in [0.5, 0.6) is 0 Å². The van der Waals surface area contributed by atoms with Crippen molar-refractivity contribution in [2.24, 2.45) is 5.41 Å². The van der Waals surface area contributed by atoms with Gasteiger partial charge < -0.3 is 14.7 Å². The van der Waals surface area contributed by atoms with Gasteiger partial charge in [-0.3, -0.25) is 4.90 Å². The molecule has 2 aliphatic rings. The summed E-state index contributed by atoms with van der Waals surface area (Å²) in [6, 6.07) is 10.6. The molecule has 2 saturated heterocycles. The van der Waals surface area contributed by atoms with E-state index in [0.29, 0.717) is 6.61 Å². The third kappa shape index (κ3) is 3.57. The molecule has 0 bridgehead atoms. The summed E-state index contributed by atoms with van der Waals surface area (Å²) >= 11 is 0. The maximum atomic E-state index is 9.79. The Labute approximate surface area is 127 Å². The molecule has 2 heterocycles. The Bertz CT molecular complexity index is 424. The molecule has 0 aromatic heterocycles. The fourth-order valence-corrected chi connectivity index (χ4v) is 3.49. The Morgan fingerprint density at radius 2 is 1.86 bits per heavy atom. The van der Waals surface area contributed by atoms with Crippen molar-refractivity contribution < 1.29 is 9.84 Å². The van der Waals surface area contributed by atoms with Gasteiger partial charge in [0.1, 0.15) is 0 Å². The summed E-state index contributed by atoms with van der Waals surface area (Å²) in [7, 11) is 0. The SMILES string of the molecule is OCC1(CN2CCN(c3ccccc3)CC2)CCCOC1. The van der Waals surface area contributed by atoms with Crippen molar-refractivity contribution in [2.75, 3.05) is 57.4 Å². The van der Waals surface area contributed by atoms with Crippen LogP contribution in [0.3, 0.4) is 0 Å². The number of hydrogen-bond acceptors (Lipinski definition) is 4. The molecule has 4 nitrogen and oxygen atoms in total. The normalized spacial score (nSPS) is 27.8. The monoisotopic (exact) mass is 290 g/mol. The molecule has 1 atom stereocenters. The van der Waals surface area contributed by atoms with Crippen LogP contribution in [0.1, 0.15) is 12.8 Å². The molecule has 4 heteroatoms. The van der Waals surface area contributed by atoms with E-state index in [9.17, 15) is 5.11 Å². The van der Waals surface area contributed by atoms with E-state index in [1.807, 2.05) is 0 Å². The maximum Gasteiger partial charge on any atom is 0.0556 e. The van der Waals surface area contributed by atoms with Crippen molar-refractivity contribution in [3.8, 4) is 0 Å². The average Bonchev–Trinajstić information content (AvgIpc) is 2.57. The van der Waals surface area contributed by atoms with Gasteiger partial charge in [-0.2, -0.15) is 0 Å². The fourth-order valence-electron chi connectivity index (χ4n) is 3.49. The molecule has 116 valence electrons. The largest absolute Gasteiger partial charge is 0.396 e. The fraction of sp³-hybridized carbons (Fsp3) is 0.647. The van der Waals surface area contributed by atoms with E-state index in [-0.39, 0.29) is 12.0 Å². The van der Waals surface area contributed by atoms with E-state index < -0.39 is 0 Å². The topological polar surface area (TPSA) is 35.9 Å². The minimum Gasteiger partial charge on any atom is -0.396 e. The van der Waals surface area contributed by atoms with Gasteiger partial charge in [0.15, 0.2) is 0 Å². The highest BCUT2D eigenvalue weighted by Gasteiger charge is 2.35. The smallest absolute Gasteiger partial charge is 0.0556 e. The second-order valence-electron chi connectivity index (χ2n) is 6.41. The van der Waals surface area contributed by atoms with E-state index in [1.54, 1.807) is 0 Å². The summed E-state index contributed by atoms with van der Waals surface area (Å²) in [5, 5.41) is 9.79.